The van der Waals surface area contributed by atoms with Crippen LogP contribution in [0.4, 0.5) is 0 Å². The second-order valence-corrected chi connectivity index (χ2v) is 4.48. The summed E-state index contributed by atoms with van der Waals surface area (Å²) in [6.45, 7) is 5.80. The largest absolute Gasteiger partial charge is 0.480 e. The molecule has 0 aliphatic carbocycles. The van der Waals surface area contributed by atoms with E-state index in [1.54, 1.807) is 12.1 Å². The number of ether oxygens (including phenoxy) is 1. The van der Waals surface area contributed by atoms with Gasteiger partial charge in [-0.2, -0.15) is 15.8 Å². The van der Waals surface area contributed by atoms with Gasteiger partial charge in [0.05, 0.1) is 5.57 Å². The van der Waals surface area contributed by atoms with Crippen LogP contribution < -0.4 is 0 Å². The molecule has 0 saturated carbocycles. The predicted octanol–water partition coefficient (Wildman–Crippen LogP) is 3.11. The van der Waals surface area contributed by atoms with Crippen molar-refractivity contribution >= 4 is 0 Å². The summed E-state index contributed by atoms with van der Waals surface area (Å²) in [5, 5.41) is 26.9. The minimum Gasteiger partial charge on any atom is -0.480 e. The fourth-order valence-electron chi connectivity index (χ4n) is 1.98. The van der Waals surface area contributed by atoms with Crippen LogP contribution in [0.1, 0.15) is 40.0 Å². The van der Waals surface area contributed by atoms with Gasteiger partial charge in [0, 0.05) is 0 Å². The van der Waals surface area contributed by atoms with Crippen LogP contribution in [0, 0.1) is 34.0 Å². The average Bonchev–Trinajstić information content (AvgIpc) is 2.62. The minimum absolute atomic E-state index is 0.133. The van der Waals surface area contributed by atoms with E-state index in [1.165, 1.54) is 0 Å². The molecule has 0 radical (unpaired) electrons. The van der Waals surface area contributed by atoms with Crippen molar-refractivity contribution in [3.63, 3.8) is 0 Å². The van der Waals surface area contributed by atoms with E-state index in [0.717, 1.165) is 24.8 Å². The Kier molecular flexibility index (Phi) is 4.13. The number of rotatable bonds is 3. The van der Waals surface area contributed by atoms with E-state index in [-0.39, 0.29) is 11.3 Å². The van der Waals surface area contributed by atoms with Gasteiger partial charge in [0.15, 0.2) is 11.3 Å². The van der Waals surface area contributed by atoms with Gasteiger partial charge in [0.25, 0.3) is 0 Å². The Balaban J connectivity index is 3.28. The molecule has 0 spiro atoms. The van der Waals surface area contributed by atoms with Crippen molar-refractivity contribution in [3.8, 4) is 18.2 Å². The first-order chi connectivity index (χ1) is 8.53. The van der Waals surface area contributed by atoms with Crippen LogP contribution in [0.3, 0.4) is 0 Å². The molecule has 1 unspecified atom stereocenters. The molecule has 1 aliphatic heterocycles. The Labute approximate surface area is 107 Å². The number of nitriles is 3. The molecular weight excluding hydrogens is 226 g/mol. The highest BCUT2D eigenvalue weighted by Crippen LogP contribution is 2.42. The number of hydrogen-bond donors (Lipinski definition) is 0. The maximum atomic E-state index is 9.16. The van der Waals surface area contributed by atoms with Crippen molar-refractivity contribution in [2.24, 2.45) is 0 Å². The van der Waals surface area contributed by atoms with Gasteiger partial charge in [-0.25, -0.2) is 0 Å². The van der Waals surface area contributed by atoms with Gasteiger partial charge in [-0.3, -0.25) is 0 Å². The molecule has 1 heterocycles. The van der Waals surface area contributed by atoms with Crippen molar-refractivity contribution in [3.05, 3.63) is 22.5 Å². The van der Waals surface area contributed by atoms with Gasteiger partial charge in [0.1, 0.15) is 23.8 Å². The first-order valence-electron chi connectivity index (χ1n) is 5.89. The van der Waals surface area contributed by atoms with Gasteiger partial charge in [-0.05, 0) is 32.3 Å². The summed E-state index contributed by atoms with van der Waals surface area (Å²) in [5.74, 6) is 0.138. The van der Waals surface area contributed by atoms with Crippen molar-refractivity contribution in [1.29, 1.82) is 15.8 Å². The third-order valence-electron chi connectivity index (χ3n) is 3.29. The Hall–Kier alpha value is -2.25. The quantitative estimate of drug-likeness (QED) is 0.711. The van der Waals surface area contributed by atoms with Crippen molar-refractivity contribution < 1.29 is 4.74 Å². The summed E-state index contributed by atoms with van der Waals surface area (Å²) in [5.41, 5.74) is 0.421. The molecule has 4 nitrogen and oxygen atoms in total. The molecule has 1 aliphatic rings. The lowest BCUT2D eigenvalue weighted by atomic mass is 9.90. The van der Waals surface area contributed by atoms with Gasteiger partial charge in [0.2, 0.25) is 0 Å². The van der Waals surface area contributed by atoms with E-state index in [1.807, 2.05) is 19.9 Å². The maximum absolute atomic E-state index is 9.16. The molecule has 0 aromatic carbocycles. The molecule has 4 heteroatoms. The molecule has 0 fully saturated rings. The minimum atomic E-state index is -0.574. The van der Waals surface area contributed by atoms with Crippen LogP contribution in [0.5, 0.6) is 0 Å². The third kappa shape index (κ3) is 2.22. The van der Waals surface area contributed by atoms with E-state index in [0.29, 0.717) is 5.57 Å². The summed E-state index contributed by atoms with van der Waals surface area (Å²) in [6.07, 6.45) is 2.76. The summed E-state index contributed by atoms with van der Waals surface area (Å²) in [4.78, 5) is 0. The Morgan fingerprint density at radius 2 is 1.89 bits per heavy atom. The first-order valence-corrected chi connectivity index (χ1v) is 5.89. The lowest BCUT2D eigenvalue weighted by Crippen LogP contribution is -2.25. The second-order valence-electron chi connectivity index (χ2n) is 4.48. The predicted molar refractivity (Wildman–Crippen MR) is 65.6 cm³/mol. The maximum Gasteiger partial charge on any atom is 0.172 e. The molecule has 0 amide bonds. The summed E-state index contributed by atoms with van der Waals surface area (Å²) in [6, 6.07) is 5.60. The topological polar surface area (TPSA) is 80.6 Å². The first kappa shape index (κ1) is 13.8. The molecular formula is C14H15N3O. The molecule has 0 saturated heterocycles. The monoisotopic (exact) mass is 241 g/mol. The molecule has 0 N–H and O–H groups in total. The van der Waals surface area contributed by atoms with E-state index in [2.05, 4.69) is 6.92 Å². The zero-order chi connectivity index (χ0) is 13.8. The number of unbranched alkanes of at least 4 members (excludes halogenated alkanes) is 1. The van der Waals surface area contributed by atoms with Gasteiger partial charge < -0.3 is 4.74 Å². The van der Waals surface area contributed by atoms with Crippen LogP contribution in [-0.2, 0) is 4.74 Å². The molecule has 1 rings (SSSR count). The molecule has 0 aromatic rings. The summed E-state index contributed by atoms with van der Waals surface area (Å²) < 4.78 is 5.75. The molecule has 0 bridgehead atoms. The Morgan fingerprint density at radius 3 is 2.33 bits per heavy atom. The van der Waals surface area contributed by atoms with Gasteiger partial charge in [-0.1, -0.05) is 13.3 Å². The average molecular weight is 241 g/mol. The second kappa shape index (κ2) is 5.39. The van der Waals surface area contributed by atoms with Crippen LogP contribution in [0.15, 0.2) is 22.5 Å². The van der Waals surface area contributed by atoms with Crippen LogP contribution in [0.25, 0.3) is 0 Å². The lowest BCUT2D eigenvalue weighted by molar-refractivity contribution is 0.0643. The molecule has 92 valence electrons. The van der Waals surface area contributed by atoms with Crippen molar-refractivity contribution in [2.75, 3.05) is 0 Å². The smallest absolute Gasteiger partial charge is 0.172 e. The fraction of sp³-hybridized carbons (Fsp3) is 0.500. The van der Waals surface area contributed by atoms with Gasteiger partial charge in [-0.15, -0.1) is 0 Å². The zero-order valence-corrected chi connectivity index (χ0v) is 10.9. The molecule has 1 atom stereocenters. The lowest BCUT2D eigenvalue weighted by Gasteiger charge is -2.26. The highest BCUT2D eigenvalue weighted by atomic mass is 16.5. The fourth-order valence-corrected chi connectivity index (χ4v) is 1.98. The van der Waals surface area contributed by atoms with E-state index >= 15 is 0 Å². The third-order valence-corrected chi connectivity index (χ3v) is 3.29. The SMILES string of the molecule is CCCCC1(C)OC(=C(C#N)C#N)C(C#N)=C1C. The standard InChI is InChI=1S/C14H15N3O/c1-4-5-6-14(3)10(2)12(9-17)13(18-14)11(7-15)8-16/h4-6H2,1-3H3. The van der Waals surface area contributed by atoms with E-state index in [4.69, 9.17) is 20.5 Å². The summed E-state index contributed by atoms with van der Waals surface area (Å²) in [7, 11) is 0. The molecule has 0 aromatic heterocycles. The Morgan fingerprint density at radius 1 is 1.28 bits per heavy atom. The van der Waals surface area contributed by atoms with Crippen molar-refractivity contribution in [2.45, 2.75) is 45.6 Å². The summed E-state index contributed by atoms with van der Waals surface area (Å²) >= 11 is 0. The highest BCUT2D eigenvalue weighted by Gasteiger charge is 2.40. The normalized spacial score (nSPS) is 21.9. The van der Waals surface area contributed by atoms with Crippen LogP contribution >= 0.6 is 0 Å². The number of hydrogen-bond acceptors (Lipinski definition) is 4. The number of allylic oxidation sites excluding steroid dienone is 2. The van der Waals surface area contributed by atoms with E-state index < -0.39 is 5.60 Å². The highest BCUT2D eigenvalue weighted by molar-refractivity contribution is 5.57. The number of nitrogens with zero attached hydrogens (tertiary/aromatic N) is 3. The van der Waals surface area contributed by atoms with Crippen molar-refractivity contribution in [1.82, 2.24) is 0 Å². The van der Waals surface area contributed by atoms with E-state index in [9.17, 15) is 0 Å². The zero-order valence-electron chi connectivity index (χ0n) is 10.9. The Bertz CT molecular complexity index is 521. The van der Waals surface area contributed by atoms with Gasteiger partial charge >= 0.3 is 0 Å². The van der Waals surface area contributed by atoms with Crippen LogP contribution in [-0.4, -0.2) is 5.60 Å². The van der Waals surface area contributed by atoms with Crippen LogP contribution in [0.2, 0.25) is 0 Å². The molecule has 18 heavy (non-hydrogen) atoms.